The largest absolute Gasteiger partial charge is 0.366 e. The molecule has 0 aliphatic heterocycles. The van der Waals surface area contributed by atoms with Crippen molar-refractivity contribution in [3.05, 3.63) is 71.0 Å². The molecule has 2 N–H and O–H groups in total. The van der Waals surface area contributed by atoms with E-state index in [1.165, 1.54) is 12.1 Å². The highest BCUT2D eigenvalue weighted by Gasteiger charge is 2.12. The fourth-order valence-electron chi connectivity index (χ4n) is 2.24. The van der Waals surface area contributed by atoms with Gasteiger partial charge in [0.1, 0.15) is 5.82 Å². The van der Waals surface area contributed by atoms with E-state index in [4.69, 9.17) is 5.73 Å². The Balaban J connectivity index is 2.31. The Labute approximate surface area is 112 Å². The van der Waals surface area contributed by atoms with Crippen molar-refractivity contribution in [1.82, 2.24) is 0 Å². The number of benzene rings is 2. The Bertz CT molecular complexity index is 560. The van der Waals surface area contributed by atoms with Gasteiger partial charge >= 0.3 is 0 Å². The summed E-state index contributed by atoms with van der Waals surface area (Å²) in [5.41, 5.74) is 7.88. The van der Waals surface area contributed by atoms with Crippen LogP contribution in [-0.4, -0.2) is 5.91 Å². The third-order valence-corrected chi connectivity index (χ3v) is 3.28. The Kier molecular flexibility index (Phi) is 3.95. The topological polar surface area (TPSA) is 43.1 Å². The lowest BCUT2D eigenvalue weighted by molar-refractivity contribution is 0.100. The van der Waals surface area contributed by atoms with Crippen LogP contribution in [0.1, 0.15) is 40.7 Å². The van der Waals surface area contributed by atoms with E-state index in [-0.39, 0.29) is 11.7 Å². The van der Waals surface area contributed by atoms with Gasteiger partial charge in [0, 0.05) is 11.5 Å². The fraction of sp³-hybridized carbons (Fsp3) is 0.188. The molecule has 2 aromatic rings. The van der Waals surface area contributed by atoms with Gasteiger partial charge in [-0.05, 0) is 41.8 Å². The number of primary amides is 1. The van der Waals surface area contributed by atoms with E-state index in [2.05, 4.69) is 6.92 Å². The van der Waals surface area contributed by atoms with E-state index < -0.39 is 5.91 Å². The van der Waals surface area contributed by atoms with Gasteiger partial charge in [-0.15, -0.1) is 0 Å². The van der Waals surface area contributed by atoms with Gasteiger partial charge in [0.2, 0.25) is 5.91 Å². The minimum absolute atomic E-state index is 0.197. The molecule has 0 aliphatic rings. The molecule has 2 aromatic carbocycles. The SMILES string of the molecule is CCC(c1ccc(F)cc1)c1ccc(C(N)=O)cc1. The van der Waals surface area contributed by atoms with Crippen molar-refractivity contribution in [2.45, 2.75) is 19.3 Å². The van der Waals surface area contributed by atoms with Crippen molar-refractivity contribution in [3.63, 3.8) is 0 Å². The lowest BCUT2D eigenvalue weighted by Crippen LogP contribution is -2.11. The van der Waals surface area contributed by atoms with Gasteiger partial charge in [-0.1, -0.05) is 31.2 Å². The number of carbonyl (C=O) groups excluding carboxylic acids is 1. The Morgan fingerprint density at radius 3 is 1.95 bits per heavy atom. The molecular formula is C16H16FNO. The summed E-state index contributed by atoms with van der Waals surface area (Å²) in [5, 5.41) is 0. The van der Waals surface area contributed by atoms with Crippen molar-refractivity contribution in [2.24, 2.45) is 5.73 Å². The number of nitrogens with two attached hydrogens (primary N) is 1. The predicted molar refractivity (Wildman–Crippen MR) is 73.5 cm³/mol. The number of amides is 1. The van der Waals surface area contributed by atoms with Crippen LogP contribution in [0, 0.1) is 5.82 Å². The Morgan fingerprint density at radius 1 is 1.05 bits per heavy atom. The van der Waals surface area contributed by atoms with Gasteiger partial charge in [0.05, 0.1) is 0 Å². The highest BCUT2D eigenvalue weighted by Crippen LogP contribution is 2.28. The first kappa shape index (κ1) is 13.3. The summed E-state index contributed by atoms with van der Waals surface area (Å²) in [5.74, 6) is -0.466. The molecular weight excluding hydrogens is 241 g/mol. The highest BCUT2D eigenvalue weighted by atomic mass is 19.1. The summed E-state index contributed by atoms with van der Waals surface area (Å²) in [6.07, 6.45) is 0.904. The number of halogens is 1. The normalized spacial score (nSPS) is 12.1. The molecule has 0 bridgehead atoms. The average Bonchev–Trinajstić information content (AvgIpc) is 2.42. The second-order valence-electron chi connectivity index (χ2n) is 4.50. The van der Waals surface area contributed by atoms with Crippen LogP contribution >= 0.6 is 0 Å². The van der Waals surface area contributed by atoms with E-state index >= 15 is 0 Å². The average molecular weight is 257 g/mol. The van der Waals surface area contributed by atoms with Crippen LogP contribution in [0.5, 0.6) is 0 Å². The standard InChI is InChI=1S/C16H16FNO/c1-2-15(12-7-9-14(17)10-8-12)11-3-5-13(6-4-11)16(18)19/h3-10,15H,2H2,1H3,(H2,18,19). The van der Waals surface area contributed by atoms with E-state index in [0.717, 1.165) is 17.5 Å². The molecule has 0 saturated carbocycles. The highest BCUT2D eigenvalue weighted by molar-refractivity contribution is 5.92. The molecule has 98 valence electrons. The molecule has 0 saturated heterocycles. The van der Waals surface area contributed by atoms with Gasteiger partial charge in [0.15, 0.2) is 0 Å². The maximum absolute atomic E-state index is 12.9. The molecule has 3 heteroatoms. The van der Waals surface area contributed by atoms with Crippen LogP contribution in [0.4, 0.5) is 4.39 Å². The zero-order valence-electron chi connectivity index (χ0n) is 10.8. The first-order valence-electron chi connectivity index (χ1n) is 6.27. The summed E-state index contributed by atoms with van der Waals surface area (Å²) in [7, 11) is 0. The fourth-order valence-corrected chi connectivity index (χ4v) is 2.24. The molecule has 0 fully saturated rings. The number of carbonyl (C=O) groups is 1. The lowest BCUT2D eigenvalue weighted by Gasteiger charge is -2.16. The quantitative estimate of drug-likeness (QED) is 0.895. The first-order chi connectivity index (χ1) is 9.11. The van der Waals surface area contributed by atoms with Crippen LogP contribution in [0.25, 0.3) is 0 Å². The smallest absolute Gasteiger partial charge is 0.248 e. The van der Waals surface area contributed by atoms with E-state index in [9.17, 15) is 9.18 Å². The van der Waals surface area contributed by atoms with Crippen molar-refractivity contribution in [3.8, 4) is 0 Å². The lowest BCUT2D eigenvalue weighted by atomic mass is 9.89. The van der Waals surface area contributed by atoms with Crippen LogP contribution in [0.15, 0.2) is 48.5 Å². The second-order valence-corrected chi connectivity index (χ2v) is 4.50. The molecule has 1 unspecified atom stereocenters. The summed E-state index contributed by atoms with van der Waals surface area (Å²) in [6, 6.07) is 13.8. The zero-order chi connectivity index (χ0) is 13.8. The zero-order valence-corrected chi connectivity index (χ0v) is 10.8. The maximum atomic E-state index is 12.9. The summed E-state index contributed by atoms with van der Waals surface area (Å²) >= 11 is 0. The number of hydrogen-bond acceptors (Lipinski definition) is 1. The molecule has 0 heterocycles. The van der Waals surface area contributed by atoms with E-state index in [0.29, 0.717) is 5.56 Å². The second kappa shape index (κ2) is 5.65. The minimum Gasteiger partial charge on any atom is -0.366 e. The van der Waals surface area contributed by atoms with Gasteiger partial charge in [-0.3, -0.25) is 4.79 Å². The third-order valence-electron chi connectivity index (χ3n) is 3.28. The minimum atomic E-state index is -0.429. The first-order valence-corrected chi connectivity index (χ1v) is 6.27. The van der Waals surface area contributed by atoms with E-state index in [1.54, 1.807) is 24.3 Å². The molecule has 2 rings (SSSR count). The molecule has 2 nitrogen and oxygen atoms in total. The van der Waals surface area contributed by atoms with Crippen molar-refractivity contribution in [1.29, 1.82) is 0 Å². The van der Waals surface area contributed by atoms with Gasteiger partial charge in [-0.2, -0.15) is 0 Å². The summed E-state index contributed by atoms with van der Waals surface area (Å²) < 4.78 is 12.9. The summed E-state index contributed by atoms with van der Waals surface area (Å²) in [6.45, 7) is 2.08. The van der Waals surface area contributed by atoms with Gasteiger partial charge < -0.3 is 5.73 Å². The number of rotatable bonds is 4. The molecule has 1 atom stereocenters. The molecule has 0 radical (unpaired) electrons. The van der Waals surface area contributed by atoms with Crippen LogP contribution < -0.4 is 5.73 Å². The molecule has 0 aromatic heterocycles. The van der Waals surface area contributed by atoms with Crippen LogP contribution in [-0.2, 0) is 0 Å². The molecule has 0 aliphatic carbocycles. The monoisotopic (exact) mass is 257 g/mol. The van der Waals surface area contributed by atoms with Crippen molar-refractivity contribution < 1.29 is 9.18 Å². The summed E-state index contributed by atoms with van der Waals surface area (Å²) in [4.78, 5) is 11.0. The van der Waals surface area contributed by atoms with Crippen molar-refractivity contribution in [2.75, 3.05) is 0 Å². The molecule has 19 heavy (non-hydrogen) atoms. The Morgan fingerprint density at radius 2 is 1.53 bits per heavy atom. The Hall–Kier alpha value is -2.16. The van der Waals surface area contributed by atoms with E-state index in [1.807, 2.05) is 12.1 Å². The third kappa shape index (κ3) is 2.99. The van der Waals surface area contributed by atoms with Crippen molar-refractivity contribution >= 4 is 5.91 Å². The van der Waals surface area contributed by atoms with Gasteiger partial charge in [0.25, 0.3) is 0 Å². The van der Waals surface area contributed by atoms with Crippen LogP contribution in [0.3, 0.4) is 0 Å². The predicted octanol–water partition coefficient (Wildman–Crippen LogP) is 3.47. The maximum Gasteiger partial charge on any atom is 0.248 e. The van der Waals surface area contributed by atoms with Gasteiger partial charge in [-0.25, -0.2) is 4.39 Å². The van der Waals surface area contributed by atoms with Crippen LogP contribution in [0.2, 0.25) is 0 Å². The number of hydrogen-bond donors (Lipinski definition) is 1. The molecule has 0 spiro atoms. The molecule has 1 amide bonds.